The van der Waals surface area contributed by atoms with Crippen molar-refractivity contribution in [2.75, 3.05) is 40.9 Å². The van der Waals surface area contributed by atoms with Crippen molar-refractivity contribution in [2.24, 2.45) is 0 Å². The lowest BCUT2D eigenvalue weighted by Gasteiger charge is -2.31. The van der Waals surface area contributed by atoms with E-state index >= 15 is 0 Å². The summed E-state index contributed by atoms with van der Waals surface area (Å²) in [7, 11) is 1.13. The lowest BCUT2D eigenvalue weighted by Crippen LogP contribution is -2.51. The fourth-order valence-electron chi connectivity index (χ4n) is 7.19. The molecule has 0 aromatic rings. The van der Waals surface area contributed by atoms with E-state index in [0.717, 1.165) is 44.9 Å². The van der Waals surface area contributed by atoms with Crippen molar-refractivity contribution in [3.05, 3.63) is 12.2 Å². The van der Waals surface area contributed by atoms with Crippen molar-refractivity contribution in [3.63, 3.8) is 0 Å². The van der Waals surface area contributed by atoms with Gasteiger partial charge in [0.2, 0.25) is 5.91 Å². The van der Waals surface area contributed by atoms with E-state index in [-0.39, 0.29) is 18.9 Å². The molecule has 0 fully saturated rings. The minimum atomic E-state index is -4.66. The molecule has 4 unspecified atom stereocenters. The van der Waals surface area contributed by atoms with E-state index in [4.69, 9.17) is 9.05 Å². The van der Waals surface area contributed by atoms with Gasteiger partial charge in [0.15, 0.2) is 0 Å². The summed E-state index contributed by atoms with van der Waals surface area (Å²) in [5.74, 6) is -0.279. The number of phosphoric ester groups is 1. The molecule has 3 N–H and O–H groups in total. The Balaban J connectivity index is 4.36. The second-order valence-corrected chi connectivity index (χ2v) is 19.4. The van der Waals surface area contributed by atoms with Gasteiger partial charge in [-0.3, -0.25) is 9.36 Å². The van der Waals surface area contributed by atoms with Crippen molar-refractivity contribution in [1.82, 2.24) is 5.32 Å². The Hall–Kier alpha value is -0.800. The number of allylic oxidation sites excluding steroid dienone is 2. The van der Waals surface area contributed by atoms with Crippen LogP contribution in [0.25, 0.3) is 0 Å². The normalized spacial score (nSPS) is 14.9. The standard InChI is InChI=1S/C47H95N2O7P/c1-6-8-10-12-14-16-18-20-21-22-23-24-25-26-27-28-30-32-34-36-38-40-46(51)48-44(43-56-57(53,54)55-42-41-49(3,4)5)47(52)45(50)39-37-35-33-31-29-19-17-15-13-11-9-7-2/h22-23,44-45,47,50,52H,6-21,24-43H2,1-5H3,(H-,48,51,53,54)/b23-22-. The molecule has 0 aromatic carbocycles. The quantitative estimate of drug-likeness (QED) is 0.0241. The number of amides is 1. The number of hydrogen-bond donors (Lipinski definition) is 3. The van der Waals surface area contributed by atoms with Gasteiger partial charge >= 0.3 is 0 Å². The summed E-state index contributed by atoms with van der Waals surface area (Å²) in [5, 5.41) is 24.6. The largest absolute Gasteiger partial charge is 0.756 e. The van der Waals surface area contributed by atoms with Crippen LogP contribution in [0.5, 0.6) is 0 Å². The number of unbranched alkanes of at least 4 members (excludes halogenated alkanes) is 28. The molecule has 0 rings (SSSR count). The Morgan fingerprint density at radius 1 is 0.614 bits per heavy atom. The number of carbonyl (C=O) groups excluding carboxylic acids is 1. The van der Waals surface area contributed by atoms with Crippen LogP contribution < -0.4 is 10.2 Å². The summed E-state index contributed by atoms with van der Waals surface area (Å²) in [6.45, 7) is 4.45. The average molecular weight is 831 g/mol. The number of phosphoric acid groups is 1. The Morgan fingerprint density at radius 3 is 1.42 bits per heavy atom. The average Bonchev–Trinajstić information content (AvgIpc) is 3.16. The number of aliphatic hydroxyl groups excluding tert-OH is 2. The van der Waals surface area contributed by atoms with Crippen LogP contribution in [0.2, 0.25) is 0 Å². The van der Waals surface area contributed by atoms with Crippen LogP contribution >= 0.6 is 7.82 Å². The first-order valence-corrected chi connectivity index (χ1v) is 25.6. The topological polar surface area (TPSA) is 128 Å². The summed E-state index contributed by atoms with van der Waals surface area (Å²) in [4.78, 5) is 25.4. The predicted molar refractivity (Wildman–Crippen MR) is 239 cm³/mol. The number of nitrogens with one attached hydrogen (secondary N) is 1. The highest BCUT2D eigenvalue weighted by atomic mass is 31.2. The van der Waals surface area contributed by atoms with E-state index in [0.29, 0.717) is 17.4 Å². The lowest BCUT2D eigenvalue weighted by molar-refractivity contribution is -0.870. The van der Waals surface area contributed by atoms with Gasteiger partial charge in [-0.25, -0.2) is 0 Å². The third-order valence-electron chi connectivity index (χ3n) is 11.1. The highest BCUT2D eigenvalue weighted by molar-refractivity contribution is 7.45. The molecule has 0 saturated heterocycles. The highest BCUT2D eigenvalue weighted by Gasteiger charge is 2.29. The van der Waals surface area contributed by atoms with Gasteiger partial charge in [-0.15, -0.1) is 0 Å². The maximum Gasteiger partial charge on any atom is 0.268 e. The molecule has 10 heteroatoms. The Bertz CT molecular complexity index is 961. The Labute approximate surface area is 353 Å². The maximum absolute atomic E-state index is 12.9. The Morgan fingerprint density at radius 2 is 1.00 bits per heavy atom. The molecule has 0 aromatic heterocycles. The van der Waals surface area contributed by atoms with E-state index in [2.05, 4.69) is 31.3 Å². The van der Waals surface area contributed by atoms with Crippen LogP contribution in [0, 0.1) is 0 Å². The predicted octanol–water partition coefficient (Wildman–Crippen LogP) is 11.9. The molecule has 0 aliphatic rings. The zero-order valence-corrected chi connectivity index (χ0v) is 39.1. The van der Waals surface area contributed by atoms with Gasteiger partial charge in [0.1, 0.15) is 19.3 Å². The van der Waals surface area contributed by atoms with Crippen LogP contribution in [0.1, 0.15) is 226 Å². The molecule has 9 nitrogen and oxygen atoms in total. The number of carbonyl (C=O) groups is 1. The molecule has 0 bridgehead atoms. The first kappa shape index (κ1) is 56.2. The highest BCUT2D eigenvalue weighted by Crippen LogP contribution is 2.38. The molecule has 340 valence electrons. The van der Waals surface area contributed by atoms with E-state index in [1.807, 2.05) is 21.1 Å². The van der Waals surface area contributed by atoms with Crippen LogP contribution in [-0.4, -0.2) is 79.8 Å². The molecule has 4 atom stereocenters. The molecule has 57 heavy (non-hydrogen) atoms. The smallest absolute Gasteiger partial charge is 0.268 e. The van der Waals surface area contributed by atoms with Gasteiger partial charge in [-0.2, -0.15) is 0 Å². The molecule has 0 heterocycles. The molecule has 0 radical (unpaired) electrons. The first-order valence-electron chi connectivity index (χ1n) is 24.1. The fourth-order valence-corrected chi connectivity index (χ4v) is 7.91. The molecular weight excluding hydrogens is 735 g/mol. The van der Waals surface area contributed by atoms with E-state index in [1.54, 1.807) is 0 Å². The molecule has 0 aliphatic heterocycles. The zero-order valence-electron chi connectivity index (χ0n) is 38.2. The van der Waals surface area contributed by atoms with Gasteiger partial charge in [-0.05, 0) is 38.5 Å². The van der Waals surface area contributed by atoms with Crippen LogP contribution in [0.15, 0.2) is 12.2 Å². The summed E-state index contributed by atoms with van der Waals surface area (Å²) in [6, 6.07) is -1.07. The summed E-state index contributed by atoms with van der Waals surface area (Å²) in [6.07, 6.45) is 41.0. The number of nitrogens with zero attached hydrogens (tertiary/aromatic N) is 1. The van der Waals surface area contributed by atoms with Crippen molar-refractivity contribution in [3.8, 4) is 0 Å². The van der Waals surface area contributed by atoms with E-state index < -0.39 is 32.7 Å². The van der Waals surface area contributed by atoms with Crippen molar-refractivity contribution in [1.29, 1.82) is 0 Å². The number of aliphatic hydroxyl groups is 2. The lowest BCUT2D eigenvalue weighted by atomic mass is 9.99. The minimum absolute atomic E-state index is 0.0392. The van der Waals surface area contributed by atoms with Crippen molar-refractivity contribution < 1.29 is 38.0 Å². The van der Waals surface area contributed by atoms with Gasteiger partial charge < -0.3 is 34.0 Å². The van der Waals surface area contributed by atoms with Crippen LogP contribution in [0.3, 0.4) is 0 Å². The van der Waals surface area contributed by atoms with Crippen LogP contribution in [-0.2, 0) is 18.4 Å². The minimum Gasteiger partial charge on any atom is -0.756 e. The molecule has 0 aliphatic carbocycles. The second kappa shape index (κ2) is 39.3. The SMILES string of the molecule is CCCCCCCCCC/C=C\CCCCCCCCCCCC(=O)NC(COP(=O)([O-])OCC[N+](C)(C)C)C(O)C(O)CCCCCCCCCCCCCC. The molecule has 0 spiro atoms. The zero-order chi connectivity index (χ0) is 42.3. The first-order chi connectivity index (χ1) is 27.4. The number of likely N-dealkylation sites (N-methyl/N-ethyl adjacent to an activating group) is 1. The second-order valence-electron chi connectivity index (χ2n) is 18.0. The van der Waals surface area contributed by atoms with Gasteiger partial charge in [0, 0.05) is 6.42 Å². The third-order valence-corrected chi connectivity index (χ3v) is 12.1. The number of hydrogen-bond acceptors (Lipinski definition) is 7. The van der Waals surface area contributed by atoms with Crippen LogP contribution in [0.4, 0.5) is 0 Å². The third kappa shape index (κ3) is 40.4. The molecule has 1 amide bonds. The number of rotatable bonds is 44. The monoisotopic (exact) mass is 831 g/mol. The Kier molecular flexibility index (Phi) is 38.8. The van der Waals surface area contributed by atoms with E-state index in [9.17, 15) is 24.5 Å². The van der Waals surface area contributed by atoms with Gasteiger partial charge in [0.25, 0.3) is 7.82 Å². The molecule has 0 saturated carbocycles. The summed E-state index contributed by atoms with van der Waals surface area (Å²) in [5.41, 5.74) is 0. The maximum atomic E-state index is 12.9. The summed E-state index contributed by atoms with van der Waals surface area (Å²) < 4.78 is 23.2. The van der Waals surface area contributed by atoms with E-state index in [1.165, 1.54) is 154 Å². The number of quaternary nitrogens is 1. The van der Waals surface area contributed by atoms with Gasteiger partial charge in [0.05, 0.1) is 39.9 Å². The van der Waals surface area contributed by atoms with Crippen molar-refractivity contribution >= 4 is 13.7 Å². The fraction of sp³-hybridized carbons (Fsp3) is 0.936. The van der Waals surface area contributed by atoms with Gasteiger partial charge in [-0.1, -0.05) is 193 Å². The molecular formula is C47H95N2O7P. The summed E-state index contributed by atoms with van der Waals surface area (Å²) >= 11 is 0. The van der Waals surface area contributed by atoms with Crippen molar-refractivity contribution in [2.45, 2.75) is 244 Å².